The molecule has 0 spiro atoms. The van der Waals surface area contributed by atoms with Crippen molar-refractivity contribution < 1.29 is 19.5 Å². The van der Waals surface area contributed by atoms with Gasteiger partial charge in [0.15, 0.2) is 0 Å². The Bertz CT molecular complexity index is 647. The van der Waals surface area contributed by atoms with Crippen LogP contribution in [0.25, 0.3) is 0 Å². The average Bonchev–Trinajstić information content (AvgIpc) is 2.57. The van der Waals surface area contributed by atoms with Crippen molar-refractivity contribution in [2.75, 3.05) is 6.54 Å². The molecule has 0 saturated heterocycles. The number of rotatable bonds is 10. The van der Waals surface area contributed by atoms with Crippen molar-refractivity contribution in [2.24, 2.45) is 11.7 Å². The zero-order valence-corrected chi connectivity index (χ0v) is 16.6. The van der Waals surface area contributed by atoms with Crippen molar-refractivity contribution in [1.82, 2.24) is 10.6 Å². The predicted molar refractivity (Wildman–Crippen MR) is 104 cm³/mol. The minimum Gasteiger partial charge on any atom is -0.480 e. The van der Waals surface area contributed by atoms with E-state index < -0.39 is 24.0 Å². The van der Waals surface area contributed by atoms with Gasteiger partial charge in [-0.15, -0.1) is 0 Å². The van der Waals surface area contributed by atoms with Crippen LogP contribution in [0.4, 0.5) is 0 Å². The van der Waals surface area contributed by atoms with Gasteiger partial charge in [-0.3, -0.25) is 9.59 Å². The molecule has 0 unspecified atom stereocenters. The molecule has 0 saturated carbocycles. The highest BCUT2D eigenvalue weighted by Crippen LogP contribution is 2.21. The quantitative estimate of drug-likeness (QED) is 0.480. The van der Waals surface area contributed by atoms with E-state index in [2.05, 4.69) is 10.6 Å². The summed E-state index contributed by atoms with van der Waals surface area (Å²) < 4.78 is 0. The van der Waals surface area contributed by atoms with E-state index in [0.29, 0.717) is 11.4 Å². The minimum absolute atomic E-state index is 0.0305. The first kappa shape index (κ1) is 22.9. The summed E-state index contributed by atoms with van der Waals surface area (Å²) in [6.07, 6.45) is 0.372. The maximum absolute atomic E-state index is 12.4. The molecule has 0 heterocycles. The number of amides is 2. The second-order valence-corrected chi connectivity index (χ2v) is 7.51. The van der Waals surface area contributed by atoms with Gasteiger partial charge in [-0.05, 0) is 37.0 Å². The Kier molecular flexibility index (Phi) is 9.25. The molecular weight excluding hydrogens is 370 g/mol. The maximum atomic E-state index is 12.4. The van der Waals surface area contributed by atoms with Gasteiger partial charge < -0.3 is 21.5 Å². The van der Waals surface area contributed by atoms with Crippen molar-refractivity contribution in [3.8, 4) is 0 Å². The van der Waals surface area contributed by atoms with Crippen LogP contribution in [0.1, 0.15) is 45.1 Å². The zero-order chi connectivity index (χ0) is 20.6. The molecule has 150 valence electrons. The summed E-state index contributed by atoms with van der Waals surface area (Å²) in [5, 5.41) is 15.1. The lowest BCUT2D eigenvalue weighted by Gasteiger charge is -2.21. The smallest absolute Gasteiger partial charge is 0.326 e. The number of benzene rings is 1. The molecule has 1 rings (SSSR count). The van der Waals surface area contributed by atoms with Crippen molar-refractivity contribution in [3.05, 3.63) is 34.9 Å². The lowest BCUT2D eigenvalue weighted by atomic mass is 9.94. The molecule has 0 fully saturated rings. The van der Waals surface area contributed by atoms with E-state index in [1.165, 1.54) is 0 Å². The molecule has 0 aliphatic rings. The van der Waals surface area contributed by atoms with Crippen LogP contribution in [0.2, 0.25) is 5.02 Å². The molecule has 5 N–H and O–H groups in total. The molecule has 1 aromatic rings. The Morgan fingerprint density at radius 3 is 2.22 bits per heavy atom. The molecule has 1 aromatic carbocycles. The first-order valence-corrected chi connectivity index (χ1v) is 9.28. The van der Waals surface area contributed by atoms with E-state index in [9.17, 15) is 19.5 Å². The fraction of sp³-hybridized carbons (Fsp3) is 0.526. The molecular formula is C19H28ClN3O4. The van der Waals surface area contributed by atoms with Gasteiger partial charge in [0.2, 0.25) is 11.8 Å². The van der Waals surface area contributed by atoms with E-state index in [1.54, 1.807) is 31.2 Å². The lowest BCUT2D eigenvalue weighted by Crippen LogP contribution is -2.43. The number of nitrogens with two attached hydrogens (primary N) is 1. The van der Waals surface area contributed by atoms with E-state index in [1.807, 2.05) is 13.8 Å². The summed E-state index contributed by atoms with van der Waals surface area (Å²) in [6, 6.07) is 5.36. The Morgan fingerprint density at radius 1 is 1.15 bits per heavy atom. The first-order chi connectivity index (χ1) is 12.6. The van der Waals surface area contributed by atoms with Crippen LogP contribution in [0.3, 0.4) is 0 Å². The number of carboxylic acids is 1. The number of aliphatic carboxylic acids is 1. The third kappa shape index (κ3) is 8.41. The number of hydrogen-bond acceptors (Lipinski definition) is 4. The van der Waals surface area contributed by atoms with Crippen LogP contribution in [0.5, 0.6) is 0 Å². The van der Waals surface area contributed by atoms with Crippen molar-refractivity contribution in [1.29, 1.82) is 0 Å². The predicted octanol–water partition coefficient (Wildman–Crippen LogP) is 1.89. The fourth-order valence-electron chi connectivity index (χ4n) is 2.60. The zero-order valence-electron chi connectivity index (χ0n) is 15.9. The Hall–Kier alpha value is -2.12. The van der Waals surface area contributed by atoms with E-state index >= 15 is 0 Å². The summed E-state index contributed by atoms with van der Waals surface area (Å²) in [5.74, 6) is -1.98. The summed E-state index contributed by atoms with van der Waals surface area (Å²) in [5.41, 5.74) is 6.37. The summed E-state index contributed by atoms with van der Waals surface area (Å²) in [4.78, 5) is 35.6. The van der Waals surface area contributed by atoms with Gasteiger partial charge in [-0.25, -0.2) is 4.79 Å². The van der Waals surface area contributed by atoms with Gasteiger partial charge in [0, 0.05) is 23.9 Å². The summed E-state index contributed by atoms with van der Waals surface area (Å²) in [7, 11) is 0. The molecule has 0 aliphatic heterocycles. The minimum atomic E-state index is -1.06. The molecule has 0 aromatic heterocycles. The van der Waals surface area contributed by atoms with Gasteiger partial charge in [-0.1, -0.05) is 37.6 Å². The number of carbonyl (C=O) groups excluding carboxylic acids is 2. The van der Waals surface area contributed by atoms with Crippen molar-refractivity contribution in [2.45, 2.75) is 51.6 Å². The first-order valence-electron chi connectivity index (χ1n) is 8.91. The largest absolute Gasteiger partial charge is 0.480 e. The third-order valence-electron chi connectivity index (χ3n) is 4.05. The lowest BCUT2D eigenvalue weighted by molar-refractivity contribution is -0.142. The fourth-order valence-corrected chi connectivity index (χ4v) is 2.72. The van der Waals surface area contributed by atoms with Crippen LogP contribution in [-0.4, -0.2) is 41.5 Å². The molecule has 0 aliphatic carbocycles. The molecule has 0 radical (unpaired) electrons. The SMILES string of the molecule is CC(C)C[C@H](NC(=O)C[C@@H](CNC(=O)[C@H](C)N)c1ccc(Cl)cc1)C(=O)O. The molecule has 3 atom stereocenters. The van der Waals surface area contributed by atoms with E-state index in [4.69, 9.17) is 17.3 Å². The molecule has 7 nitrogen and oxygen atoms in total. The van der Waals surface area contributed by atoms with Gasteiger partial charge in [0.25, 0.3) is 0 Å². The highest BCUT2D eigenvalue weighted by molar-refractivity contribution is 6.30. The molecule has 0 bridgehead atoms. The standard InChI is InChI=1S/C19H28ClN3O4/c1-11(2)8-16(19(26)27)23-17(24)9-14(10-22-18(25)12(3)21)13-4-6-15(20)7-5-13/h4-7,11-12,14,16H,8-10,21H2,1-3H3,(H,22,25)(H,23,24)(H,26,27)/t12-,14-,16-/m0/s1. The number of halogens is 1. The number of nitrogens with one attached hydrogen (secondary N) is 2. The second-order valence-electron chi connectivity index (χ2n) is 7.07. The monoisotopic (exact) mass is 397 g/mol. The van der Waals surface area contributed by atoms with Crippen LogP contribution >= 0.6 is 11.6 Å². The van der Waals surface area contributed by atoms with Gasteiger partial charge >= 0.3 is 5.97 Å². The van der Waals surface area contributed by atoms with Gasteiger partial charge in [-0.2, -0.15) is 0 Å². The Labute approximate surface area is 164 Å². The molecule has 8 heteroatoms. The Morgan fingerprint density at radius 2 is 1.74 bits per heavy atom. The number of hydrogen-bond donors (Lipinski definition) is 4. The van der Waals surface area contributed by atoms with Crippen molar-refractivity contribution >= 4 is 29.4 Å². The normalized spacial score (nSPS) is 14.3. The van der Waals surface area contributed by atoms with Gasteiger partial charge in [0.1, 0.15) is 6.04 Å². The summed E-state index contributed by atoms with van der Waals surface area (Å²) in [6.45, 7) is 5.56. The van der Waals surface area contributed by atoms with Crippen LogP contribution < -0.4 is 16.4 Å². The molecule has 2 amide bonds. The number of carboxylic acid groups (broad SMARTS) is 1. The van der Waals surface area contributed by atoms with E-state index in [-0.39, 0.29) is 30.7 Å². The van der Waals surface area contributed by atoms with Crippen LogP contribution in [0, 0.1) is 5.92 Å². The van der Waals surface area contributed by atoms with Crippen LogP contribution in [-0.2, 0) is 14.4 Å². The highest BCUT2D eigenvalue weighted by atomic mass is 35.5. The highest BCUT2D eigenvalue weighted by Gasteiger charge is 2.24. The maximum Gasteiger partial charge on any atom is 0.326 e. The van der Waals surface area contributed by atoms with E-state index in [0.717, 1.165) is 5.56 Å². The Balaban J connectivity index is 2.85. The second kappa shape index (κ2) is 10.9. The summed E-state index contributed by atoms with van der Waals surface area (Å²) >= 11 is 5.91. The van der Waals surface area contributed by atoms with Crippen LogP contribution in [0.15, 0.2) is 24.3 Å². The van der Waals surface area contributed by atoms with Crippen molar-refractivity contribution in [3.63, 3.8) is 0 Å². The van der Waals surface area contributed by atoms with Gasteiger partial charge in [0.05, 0.1) is 6.04 Å². The third-order valence-corrected chi connectivity index (χ3v) is 4.30. The topological polar surface area (TPSA) is 122 Å². The molecule has 27 heavy (non-hydrogen) atoms. The average molecular weight is 398 g/mol. The number of carbonyl (C=O) groups is 3.